The third-order valence-corrected chi connectivity index (χ3v) is 5.67. The number of nitrogen functional groups attached to an aromatic ring is 1. The highest BCUT2D eigenvalue weighted by Crippen LogP contribution is 2.33. The molecule has 3 heterocycles. The zero-order chi connectivity index (χ0) is 20.5. The van der Waals surface area contributed by atoms with Gasteiger partial charge in [0.15, 0.2) is 0 Å². The standard InChI is InChI=1S/C20H18N4O4S/c1-3-4-11-5-10-14-15(21)18(29-19(14)22-11)17(25)16-20(26)28-23-24(16)12-6-8-13(27-2)9-7-12/h5-10H,3-4H2,1-2H3,(H2-,21,23,25,26)/p+1. The predicted molar refractivity (Wildman–Crippen MR) is 109 cm³/mol. The first-order chi connectivity index (χ1) is 14.0. The molecule has 29 heavy (non-hydrogen) atoms. The van der Waals surface area contributed by atoms with Crippen LogP contribution in [0.2, 0.25) is 0 Å². The number of methoxy groups -OCH3 is 1. The molecule has 0 spiro atoms. The van der Waals surface area contributed by atoms with Crippen LogP contribution in [-0.2, 0) is 6.42 Å². The van der Waals surface area contributed by atoms with E-state index >= 15 is 0 Å². The molecule has 0 fully saturated rings. The number of benzene rings is 1. The highest BCUT2D eigenvalue weighted by Gasteiger charge is 2.34. The second-order valence-electron chi connectivity index (χ2n) is 6.44. The van der Waals surface area contributed by atoms with Crippen LogP contribution in [0.3, 0.4) is 0 Å². The van der Waals surface area contributed by atoms with E-state index in [1.807, 2.05) is 12.1 Å². The summed E-state index contributed by atoms with van der Waals surface area (Å²) in [7, 11) is 1.56. The van der Waals surface area contributed by atoms with Crippen molar-refractivity contribution in [1.29, 1.82) is 0 Å². The number of fused-ring (bicyclic) bond motifs is 1. The summed E-state index contributed by atoms with van der Waals surface area (Å²) in [6.45, 7) is 2.08. The van der Waals surface area contributed by atoms with Crippen molar-refractivity contribution in [2.75, 3.05) is 12.8 Å². The first-order valence-electron chi connectivity index (χ1n) is 9.04. The number of thiophene rings is 1. The molecule has 0 saturated heterocycles. The Labute approximate surface area is 169 Å². The Kier molecular flexibility index (Phi) is 4.89. The maximum atomic E-state index is 13.2. The lowest BCUT2D eigenvalue weighted by Crippen LogP contribution is -2.41. The summed E-state index contributed by atoms with van der Waals surface area (Å²) in [6.07, 6.45) is 1.81. The van der Waals surface area contributed by atoms with Crippen LogP contribution in [-0.4, -0.2) is 23.1 Å². The number of ether oxygens (including phenoxy) is 1. The lowest BCUT2D eigenvalue weighted by atomic mass is 10.1. The molecule has 4 rings (SSSR count). The fourth-order valence-corrected chi connectivity index (χ4v) is 4.14. The molecule has 148 valence electrons. The largest absolute Gasteiger partial charge is 0.497 e. The third kappa shape index (κ3) is 3.29. The minimum Gasteiger partial charge on any atom is -0.497 e. The minimum atomic E-state index is -0.776. The number of rotatable bonds is 6. The number of H-pyrrole nitrogens is 1. The molecule has 0 radical (unpaired) electrons. The van der Waals surface area contributed by atoms with Gasteiger partial charge in [0.1, 0.15) is 15.5 Å². The molecule has 0 aliphatic heterocycles. The Morgan fingerprint density at radius 2 is 2.03 bits per heavy atom. The molecule has 0 aliphatic rings. The molecular formula is C20H19N4O4S+. The fourth-order valence-electron chi connectivity index (χ4n) is 3.09. The second-order valence-corrected chi connectivity index (χ2v) is 7.44. The van der Waals surface area contributed by atoms with Crippen LogP contribution in [0.1, 0.15) is 34.4 Å². The van der Waals surface area contributed by atoms with E-state index in [0.717, 1.165) is 18.5 Å². The molecule has 0 bridgehead atoms. The average molecular weight is 411 g/mol. The van der Waals surface area contributed by atoms with E-state index in [9.17, 15) is 9.59 Å². The molecule has 0 saturated carbocycles. The van der Waals surface area contributed by atoms with Crippen molar-refractivity contribution in [3.8, 4) is 11.4 Å². The van der Waals surface area contributed by atoms with Crippen LogP contribution >= 0.6 is 11.3 Å². The average Bonchev–Trinajstić information content (AvgIpc) is 3.28. The van der Waals surface area contributed by atoms with Gasteiger partial charge in [-0.15, -0.1) is 11.3 Å². The van der Waals surface area contributed by atoms with Crippen molar-refractivity contribution in [2.45, 2.75) is 19.8 Å². The van der Waals surface area contributed by atoms with E-state index in [1.54, 1.807) is 31.4 Å². The predicted octanol–water partition coefficient (Wildman–Crippen LogP) is 2.63. The maximum Gasteiger partial charge on any atom is 0.439 e. The van der Waals surface area contributed by atoms with Crippen LogP contribution in [0, 0.1) is 0 Å². The van der Waals surface area contributed by atoms with Crippen molar-refractivity contribution in [2.24, 2.45) is 0 Å². The molecule has 0 amide bonds. The molecule has 4 aromatic rings. The Bertz CT molecular complexity index is 1250. The topological polar surface area (TPSA) is 115 Å². The van der Waals surface area contributed by atoms with E-state index in [-0.39, 0.29) is 10.6 Å². The van der Waals surface area contributed by atoms with Crippen molar-refractivity contribution < 1.29 is 18.7 Å². The molecular weight excluding hydrogens is 392 g/mol. The third-order valence-electron chi connectivity index (χ3n) is 4.56. The SMILES string of the molecule is CCCc1ccc2c(N)c(C(=O)c3c(=O)o[nH][n+]3-c3ccc(OC)cc3)sc2n1. The number of aryl methyl sites for hydroxylation is 1. The molecule has 0 aliphatic carbocycles. The van der Waals surface area contributed by atoms with E-state index in [4.69, 9.17) is 15.0 Å². The van der Waals surface area contributed by atoms with Crippen LogP contribution in [0.5, 0.6) is 5.75 Å². The Morgan fingerprint density at radius 1 is 1.28 bits per heavy atom. The molecule has 3 N–H and O–H groups in total. The molecule has 0 atom stereocenters. The van der Waals surface area contributed by atoms with E-state index in [2.05, 4.69) is 17.2 Å². The summed E-state index contributed by atoms with van der Waals surface area (Å²) in [6, 6.07) is 10.6. The summed E-state index contributed by atoms with van der Waals surface area (Å²) in [5.74, 6) is 0.129. The number of aromatic amines is 1. The smallest absolute Gasteiger partial charge is 0.439 e. The van der Waals surface area contributed by atoms with Gasteiger partial charge in [-0.3, -0.25) is 9.32 Å². The molecule has 1 aromatic carbocycles. The number of pyridine rings is 1. The van der Waals surface area contributed by atoms with E-state index < -0.39 is 11.4 Å². The molecule has 9 heteroatoms. The van der Waals surface area contributed by atoms with Gasteiger partial charge in [-0.05, 0) is 40.6 Å². The highest BCUT2D eigenvalue weighted by molar-refractivity contribution is 7.21. The van der Waals surface area contributed by atoms with Crippen molar-refractivity contribution in [1.82, 2.24) is 10.3 Å². The van der Waals surface area contributed by atoms with Gasteiger partial charge in [0, 0.05) is 23.2 Å². The second kappa shape index (κ2) is 7.51. The van der Waals surface area contributed by atoms with Crippen LogP contribution in [0.15, 0.2) is 45.7 Å². The first kappa shape index (κ1) is 18.9. The monoisotopic (exact) mass is 411 g/mol. The molecule has 0 unspecified atom stereocenters. The summed E-state index contributed by atoms with van der Waals surface area (Å²) in [5.41, 5.74) is 7.08. The van der Waals surface area contributed by atoms with Gasteiger partial charge in [-0.2, -0.15) is 0 Å². The van der Waals surface area contributed by atoms with Gasteiger partial charge in [-0.25, -0.2) is 9.78 Å². The van der Waals surface area contributed by atoms with Gasteiger partial charge < -0.3 is 10.5 Å². The number of aromatic nitrogens is 3. The van der Waals surface area contributed by atoms with Gasteiger partial charge in [0.2, 0.25) is 5.69 Å². The number of carbonyl (C=O) groups is 1. The number of nitrogens with one attached hydrogen (secondary N) is 1. The number of ketones is 1. The van der Waals surface area contributed by atoms with Crippen LogP contribution in [0.25, 0.3) is 15.9 Å². The lowest BCUT2D eigenvalue weighted by molar-refractivity contribution is -0.672. The Balaban J connectivity index is 1.80. The fraction of sp³-hybridized carbons (Fsp3) is 0.200. The zero-order valence-corrected chi connectivity index (χ0v) is 16.7. The number of carbonyl (C=O) groups excluding carboxylic acids is 1. The Hall–Kier alpha value is -3.46. The van der Waals surface area contributed by atoms with E-state index in [0.29, 0.717) is 27.3 Å². The Morgan fingerprint density at radius 3 is 2.72 bits per heavy atom. The quantitative estimate of drug-likeness (QED) is 0.372. The van der Waals surface area contributed by atoms with Gasteiger partial charge >= 0.3 is 11.3 Å². The minimum absolute atomic E-state index is 0.165. The van der Waals surface area contributed by atoms with Gasteiger partial charge in [-0.1, -0.05) is 13.3 Å². The van der Waals surface area contributed by atoms with Crippen LogP contribution in [0.4, 0.5) is 5.69 Å². The maximum absolute atomic E-state index is 13.2. The number of hydrogen-bond acceptors (Lipinski definition) is 7. The van der Waals surface area contributed by atoms with Crippen LogP contribution < -0.4 is 20.8 Å². The van der Waals surface area contributed by atoms with Crippen molar-refractivity contribution in [3.05, 3.63) is 63.1 Å². The summed E-state index contributed by atoms with van der Waals surface area (Å²) < 4.78 is 11.3. The highest BCUT2D eigenvalue weighted by atomic mass is 32.1. The number of nitrogens with two attached hydrogens (primary N) is 1. The van der Waals surface area contributed by atoms with Crippen molar-refractivity contribution >= 4 is 33.0 Å². The van der Waals surface area contributed by atoms with Gasteiger partial charge in [0.25, 0.3) is 5.78 Å². The van der Waals surface area contributed by atoms with Gasteiger partial charge in [0.05, 0.1) is 12.8 Å². The van der Waals surface area contributed by atoms with Crippen molar-refractivity contribution in [3.63, 3.8) is 0 Å². The molecule has 3 aromatic heterocycles. The first-order valence-corrected chi connectivity index (χ1v) is 9.85. The number of nitrogens with zero attached hydrogens (tertiary/aromatic N) is 2. The summed E-state index contributed by atoms with van der Waals surface area (Å²) in [5, 5.41) is 3.18. The normalized spacial score (nSPS) is 11.1. The zero-order valence-electron chi connectivity index (χ0n) is 15.9. The number of hydrogen-bond donors (Lipinski definition) is 2. The number of anilines is 1. The summed E-state index contributed by atoms with van der Waals surface area (Å²) >= 11 is 1.18. The summed E-state index contributed by atoms with van der Waals surface area (Å²) in [4.78, 5) is 31.0. The lowest BCUT2D eigenvalue weighted by Gasteiger charge is -1.98. The molecule has 8 nitrogen and oxygen atoms in total. The van der Waals surface area contributed by atoms with E-state index in [1.165, 1.54) is 16.0 Å².